The Kier molecular flexibility index (Phi) is 3.39. The van der Waals surface area contributed by atoms with E-state index in [-0.39, 0.29) is 12.7 Å². The number of hydrogen-bond donors (Lipinski definition) is 0. The lowest BCUT2D eigenvalue weighted by Crippen LogP contribution is -2.23. The predicted molar refractivity (Wildman–Crippen MR) is 30.5 cm³/mol. The standard InChI is InChI=1S/C6H9F3O/c1-2-3-5(4-10)6(7,8)9/h4-5H,2-3H2,1H3. The summed E-state index contributed by atoms with van der Waals surface area (Å²) in [6.07, 6.45) is -4.11. The highest BCUT2D eigenvalue weighted by Crippen LogP contribution is 2.27. The van der Waals surface area contributed by atoms with Crippen molar-refractivity contribution in [2.75, 3.05) is 0 Å². The van der Waals surface area contributed by atoms with Gasteiger partial charge in [-0.15, -0.1) is 0 Å². The Morgan fingerprint density at radius 1 is 1.50 bits per heavy atom. The molecule has 60 valence electrons. The summed E-state index contributed by atoms with van der Waals surface area (Å²) >= 11 is 0. The van der Waals surface area contributed by atoms with Crippen LogP contribution in [-0.2, 0) is 4.79 Å². The van der Waals surface area contributed by atoms with E-state index in [1.165, 1.54) is 0 Å². The molecule has 0 N–H and O–H groups in total. The third-order valence-corrected chi connectivity index (χ3v) is 1.18. The third kappa shape index (κ3) is 2.85. The second-order valence-corrected chi connectivity index (χ2v) is 2.07. The van der Waals surface area contributed by atoms with Crippen molar-refractivity contribution in [3.05, 3.63) is 0 Å². The molecule has 0 heterocycles. The summed E-state index contributed by atoms with van der Waals surface area (Å²) in [5.41, 5.74) is 0. The van der Waals surface area contributed by atoms with Gasteiger partial charge in [-0.3, -0.25) is 0 Å². The molecule has 0 bridgehead atoms. The fourth-order valence-electron chi connectivity index (χ4n) is 0.620. The van der Waals surface area contributed by atoms with Crippen molar-refractivity contribution in [2.24, 2.45) is 5.92 Å². The van der Waals surface area contributed by atoms with Crippen LogP contribution in [0.25, 0.3) is 0 Å². The summed E-state index contributed by atoms with van der Waals surface area (Å²) in [4.78, 5) is 9.82. The minimum atomic E-state index is -4.35. The van der Waals surface area contributed by atoms with E-state index in [1.54, 1.807) is 6.92 Å². The van der Waals surface area contributed by atoms with Crippen molar-refractivity contribution in [3.8, 4) is 0 Å². The van der Waals surface area contributed by atoms with E-state index in [1.807, 2.05) is 0 Å². The second kappa shape index (κ2) is 3.58. The summed E-state index contributed by atoms with van der Waals surface area (Å²) in [5.74, 6) is -1.77. The third-order valence-electron chi connectivity index (χ3n) is 1.18. The molecular weight excluding hydrogens is 145 g/mol. The van der Waals surface area contributed by atoms with E-state index in [4.69, 9.17) is 0 Å². The average molecular weight is 154 g/mol. The zero-order valence-corrected chi connectivity index (χ0v) is 5.61. The van der Waals surface area contributed by atoms with Gasteiger partial charge < -0.3 is 4.79 Å². The molecule has 4 heteroatoms. The fourth-order valence-corrected chi connectivity index (χ4v) is 0.620. The van der Waals surface area contributed by atoms with E-state index in [2.05, 4.69) is 0 Å². The van der Waals surface area contributed by atoms with Crippen LogP contribution < -0.4 is 0 Å². The van der Waals surface area contributed by atoms with Gasteiger partial charge in [0.25, 0.3) is 0 Å². The SMILES string of the molecule is CCCC(C=O)C(F)(F)F. The summed E-state index contributed by atoms with van der Waals surface area (Å²) in [6, 6.07) is 0. The molecule has 1 unspecified atom stereocenters. The first kappa shape index (κ1) is 9.46. The average Bonchev–Trinajstić information content (AvgIpc) is 1.80. The van der Waals surface area contributed by atoms with Crippen LogP contribution in [-0.4, -0.2) is 12.5 Å². The van der Waals surface area contributed by atoms with Crippen LogP contribution in [0, 0.1) is 5.92 Å². The Balaban J connectivity index is 3.93. The zero-order chi connectivity index (χ0) is 8.20. The van der Waals surface area contributed by atoms with Crippen LogP contribution in [0.5, 0.6) is 0 Å². The first-order valence-electron chi connectivity index (χ1n) is 3.04. The zero-order valence-electron chi connectivity index (χ0n) is 5.61. The molecule has 0 radical (unpaired) electrons. The van der Waals surface area contributed by atoms with Crippen LogP contribution in [0.4, 0.5) is 13.2 Å². The van der Waals surface area contributed by atoms with Crippen molar-refractivity contribution in [2.45, 2.75) is 25.9 Å². The summed E-state index contributed by atoms with van der Waals surface area (Å²) in [5, 5.41) is 0. The lowest BCUT2D eigenvalue weighted by molar-refractivity contribution is -0.175. The Hall–Kier alpha value is -0.540. The van der Waals surface area contributed by atoms with Crippen molar-refractivity contribution >= 4 is 6.29 Å². The van der Waals surface area contributed by atoms with E-state index in [0.29, 0.717) is 6.42 Å². The highest BCUT2D eigenvalue weighted by Gasteiger charge is 2.38. The second-order valence-electron chi connectivity index (χ2n) is 2.07. The number of halogens is 3. The predicted octanol–water partition coefficient (Wildman–Crippen LogP) is 2.16. The summed E-state index contributed by atoms with van der Waals surface area (Å²) < 4.78 is 35.0. The van der Waals surface area contributed by atoms with Crippen LogP contribution in [0.2, 0.25) is 0 Å². The molecule has 0 aliphatic heterocycles. The van der Waals surface area contributed by atoms with E-state index in [9.17, 15) is 18.0 Å². The minimum absolute atomic E-state index is 0.0382. The van der Waals surface area contributed by atoms with Crippen LogP contribution in [0.15, 0.2) is 0 Å². The number of carbonyl (C=O) groups is 1. The molecule has 10 heavy (non-hydrogen) atoms. The maximum absolute atomic E-state index is 11.7. The van der Waals surface area contributed by atoms with Crippen molar-refractivity contribution in [1.82, 2.24) is 0 Å². The van der Waals surface area contributed by atoms with Gasteiger partial charge in [-0.05, 0) is 6.42 Å². The molecule has 0 amide bonds. The normalized spacial score (nSPS) is 14.8. The lowest BCUT2D eigenvalue weighted by atomic mass is 10.1. The van der Waals surface area contributed by atoms with Crippen molar-refractivity contribution in [3.63, 3.8) is 0 Å². The molecule has 0 aromatic heterocycles. The van der Waals surface area contributed by atoms with Gasteiger partial charge >= 0.3 is 6.18 Å². The highest BCUT2D eigenvalue weighted by molar-refractivity contribution is 5.54. The van der Waals surface area contributed by atoms with Gasteiger partial charge in [0.15, 0.2) is 0 Å². The number of alkyl halides is 3. The van der Waals surface area contributed by atoms with Gasteiger partial charge in [0.2, 0.25) is 0 Å². The Labute approximate surface area is 57.2 Å². The fraction of sp³-hybridized carbons (Fsp3) is 0.833. The summed E-state index contributed by atoms with van der Waals surface area (Å²) in [6.45, 7) is 1.61. The molecule has 0 aromatic rings. The van der Waals surface area contributed by atoms with Crippen molar-refractivity contribution in [1.29, 1.82) is 0 Å². The minimum Gasteiger partial charge on any atom is -0.303 e. The Bertz CT molecular complexity index is 108. The van der Waals surface area contributed by atoms with E-state index < -0.39 is 12.1 Å². The molecule has 0 saturated carbocycles. The number of hydrogen-bond acceptors (Lipinski definition) is 1. The largest absolute Gasteiger partial charge is 0.398 e. The van der Waals surface area contributed by atoms with Gasteiger partial charge in [-0.2, -0.15) is 13.2 Å². The van der Waals surface area contributed by atoms with Gasteiger partial charge in [-0.1, -0.05) is 13.3 Å². The molecule has 1 atom stereocenters. The summed E-state index contributed by atoms with van der Waals surface area (Å²) in [7, 11) is 0. The van der Waals surface area contributed by atoms with Gasteiger partial charge in [0.05, 0.1) is 0 Å². The molecule has 0 aliphatic carbocycles. The molecule has 0 aromatic carbocycles. The van der Waals surface area contributed by atoms with Crippen molar-refractivity contribution < 1.29 is 18.0 Å². The molecule has 0 aliphatic rings. The monoisotopic (exact) mass is 154 g/mol. The number of aldehydes is 1. The lowest BCUT2D eigenvalue weighted by Gasteiger charge is -2.12. The number of rotatable bonds is 3. The molecule has 0 rings (SSSR count). The quantitative estimate of drug-likeness (QED) is 0.569. The molecular formula is C6H9F3O. The maximum Gasteiger partial charge on any atom is 0.398 e. The Morgan fingerprint density at radius 2 is 2.00 bits per heavy atom. The van der Waals surface area contributed by atoms with E-state index >= 15 is 0 Å². The first-order chi connectivity index (χ1) is 4.52. The molecule has 0 fully saturated rings. The number of carbonyl (C=O) groups excluding carboxylic acids is 1. The first-order valence-corrected chi connectivity index (χ1v) is 3.04. The van der Waals surface area contributed by atoms with Gasteiger partial charge in [0, 0.05) is 0 Å². The maximum atomic E-state index is 11.7. The van der Waals surface area contributed by atoms with E-state index in [0.717, 1.165) is 0 Å². The topological polar surface area (TPSA) is 17.1 Å². The Morgan fingerprint density at radius 3 is 2.10 bits per heavy atom. The van der Waals surface area contributed by atoms with Crippen LogP contribution in [0.1, 0.15) is 19.8 Å². The molecule has 0 saturated heterocycles. The van der Waals surface area contributed by atoms with Crippen LogP contribution in [0.3, 0.4) is 0 Å². The van der Waals surface area contributed by atoms with Crippen LogP contribution >= 0.6 is 0 Å². The van der Waals surface area contributed by atoms with Gasteiger partial charge in [-0.25, -0.2) is 0 Å². The molecule has 1 nitrogen and oxygen atoms in total. The molecule has 0 spiro atoms. The van der Waals surface area contributed by atoms with Gasteiger partial charge in [0.1, 0.15) is 12.2 Å². The highest BCUT2D eigenvalue weighted by atomic mass is 19.4. The smallest absolute Gasteiger partial charge is 0.303 e.